The Balaban J connectivity index is 4.81. The van der Waals surface area contributed by atoms with Crippen molar-refractivity contribution in [2.75, 3.05) is 13.6 Å². The number of hydrogen-bond donors (Lipinski definition) is 1. The molecule has 0 heterocycles. The molecule has 0 rings (SSSR count). The molecule has 0 saturated carbocycles. The minimum Gasteiger partial charge on any atom is -0.336 e. The number of nitrogens with two attached hydrogens (primary N) is 1. The van der Waals surface area contributed by atoms with Gasteiger partial charge in [0.2, 0.25) is 5.91 Å². The lowest BCUT2D eigenvalue weighted by Gasteiger charge is -2.39. The molecule has 1 amide bonds. The average molecular weight is 240 g/mol. The standard InChI is InChI=1S/C10H19F3N2O/c1-8(2,9(3,4)14)7(16)15(5)6-10(11,12)13/h6,14H2,1-5H3. The van der Waals surface area contributed by atoms with Crippen molar-refractivity contribution in [1.82, 2.24) is 4.90 Å². The first-order valence-electron chi connectivity index (χ1n) is 4.90. The van der Waals surface area contributed by atoms with Crippen molar-refractivity contribution >= 4 is 5.91 Å². The maximum Gasteiger partial charge on any atom is 0.406 e. The Labute approximate surface area is 93.8 Å². The molecule has 0 bridgehead atoms. The molecule has 0 radical (unpaired) electrons. The summed E-state index contributed by atoms with van der Waals surface area (Å²) in [6.07, 6.45) is -4.39. The summed E-state index contributed by atoms with van der Waals surface area (Å²) in [4.78, 5) is 12.5. The van der Waals surface area contributed by atoms with Gasteiger partial charge in [0.05, 0.1) is 5.41 Å². The zero-order valence-corrected chi connectivity index (χ0v) is 10.3. The van der Waals surface area contributed by atoms with Gasteiger partial charge in [-0.3, -0.25) is 4.79 Å². The predicted octanol–water partition coefficient (Wildman–Crippen LogP) is 1.77. The highest BCUT2D eigenvalue weighted by atomic mass is 19.4. The van der Waals surface area contributed by atoms with Crippen molar-refractivity contribution in [3.05, 3.63) is 0 Å². The molecule has 3 nitrogen and oxygen atoms in total. The van der Waals surface area contributed by atoms with E-state index in [9.17, 15) is 18.0 Å². The van der Waals surface area contributed by atoms with Crippen LogP contribution in [0.25, 0.3) is 0 Å². The van der Waals surface area contributed by atoms with E-state index in [1.807, 2.05) is 0 Å². The Morgan fingerprint density at radius 1 is 1.19 bits per heavy atom. The summed E-state index contributed by atoms with van der Waals surface area (Å²) in [6.45, 7) is 5.06. The van der Waals surface area contributed by atoms with Crippen LogP contribution in [0.2, 0.25) is 0 Å². The van der Waals surface area contributed by atoms with Gasteiger partial charge in [0, 0.05) is 12.6 Å². The van der Waals surface area contributed by atoms with Crippen LogP contribution in [0.15, 0.2) is 0 Å². The van der Waals surface area contributed by atoms with Crippen LogP contribution < -0.4 is 5.73 Å². The van der Waals surface area contributed by atoms with E-state index in [1.54, 1.807) is 27.7 Å². The van der Waals surface area contributed by atoms with Crippen LogP contribution in [0, 0.1) is 5.41 Å². The van der Waals surface area contributed by atoms with E-state index in [4.69, 9.17) is 5.73 Å². The second-order valence-electron chi connectivity index (χ2n) is 5.12. The molecule has 0 aliphatic heterocycles. The average Bonchev–Trinajstić information content (AvgIpc) is 1.97. The zero-order chi connectivity index (χ0) is 13.4. The summed E-state index contributed by atoms with van der Waals surface area (Å²) in [5, 5.41) is 0. The van der Waals surface area contributed by atoms with Gasteiger partial charge in [-0.1, -0.05) is 0 Å². The van der Waals surface area contributed by atoms with Crippen molar-refractivity contribution in [2.24, 2.45) is 11.1 Å². The van der Waals surface area contributed by atoms with Crippen LogP contribution >= 0.6 is 0 Å². The molecule has 0 atom stereocenters. The molecular weight excluding hydrogens is 221 g/mol. The van der Waals surface area contributed by atoms with Crippen molar-refractivity contribution in [2.45, 2.75) is 39.4 Å². The summed E-state index contributed by atoms with van der Waals surface area (Å²) in [7, 11) is 1.13. The highest BCUT2D eigenvalue weighted by molar-refractivity contribution is 5.83. The SMILES string of the molecule is CN(CC(F)(F)F)C(=O)C(C)(C)C(C)(C)N. The number of nitrogens with zero attached hydrogens (tertiary/aromatic N) is 1. The van der Waals surface area contributed by atoms with E-state index in [1.165, 1.54) is 0 Å². The van der Waals surface area contributed by atoms with E-state index < -0.39 is 29.6 Å². The number of alkyl halides is 3. The Morgan fingerprint density at radius 2 is 1.56 bits per heavy atom. The largest absolute Gasteiger partial charge is 0.406 e. The Bertz CT molecular complexity index is 266. The van der Waals surface area contributed by atoms with Crippen molar-refractivity contribution in [3.8, 4) is 0 Å². The molecule has 0 aromatic carbocycles. The van der Waals surface area contributed by atoms with Gasteiger partial charge < -0.3 is 10.6 Å². The number of halogens is 3. The first kappa shape index (κ1) is 15.2. The van der Waals surface area contributed by atoms with Crippen LogP contribution in [0.3, 0.4) is 0 Å². The third kappa shape index (κ3) is 3.66. The summed E-state index contributed by atoms with van der Waals surface area (Å²) in [5.74, 6) is -0.614. The third-order valence-electron chi connectivity index (χ3n) is 2.91. The second kappa shape index (κ2) is 4.24. The molecule has 96 valence electrons. The Kier molecular flexibility index (Phi) is 4.03. The first-order valence-corrected chi connectivity index (χ1v) is 4.90. The van der Waals surface area contributed by atoms with Crippen LogP contribution in [0.5, 0.6) is 0 Å². The molecule has 0 aromatic heterocycles. The van der Waals surface area contributed by atoms with E-state index >= 15 is 0 Å². The number of amides is 1. The van der Waals surface area contributed by atoms with Crippen LogP contribution in [0.1, 0.15) is 27.7 Å². The Hall–Kier alpha value is -0.780. The van der Waals surface area contributed by atoms with Crippen LogP contribution in [-0.2, 0) is 4.79 Å². The van der Waals surface area contributed by atoms with Crippen molar-refractivity contribution < 1.29 is 18.0 Å². The molecule has 0 saturated heterocycles. The van der Waals surface area contributed by atoms with E-state index in [2.05, 4.69) is 0 Å². The molecule has 0 aliphatic rings. The van der Waals surface area contributed by atoms with Crippen LogP contribution in [0.4, 0.5) is 13.2 Å². The van der Waals surface area contributed by atoms with Gasteiger partial charge in [0.1, 0.15) is 6.54 Å². The predicted molar refractivity (Wildman–Crippen MR) is 55.7 cm³/mol. The highest BCUT2D eigenvalue weighted by Gasteiger charge is 2.44. The van der Waals surface area contributed by atoms with Crippen LogP contribution in [-0.4, -0.2) is 36.1 Å². The molecular formula is C10H19F3N2O. The molecule has 0 unspecified atom stereocenters. The summed E-state index contributed by atoms with van der Waals surface area (Å²) in [5.41, 5.74) is 3.85. The van der Waals surface area contributed by atoms with E-state index in [-0.39, 0.29) is 0 Å². The first-order chi connectivity index (χ1) is 6.79. The minimum atomic E-state index is -4.39. The normalized spacial score (nSPS) is 13.8. The zero-order valence-electron chi connectivity index (χ0n) is 10.3. The van der Waals surface area contributed by atoms with Gasteiger partial charge in [0.15, 0.2) is 0 Å². The molecule has 6 heteroatoms. The molecule has 16 heavy (non-hydrogen) atoms. The number of carbonyl (C=O) groups excluding carboxylic acids is 1. The topological polar surface area (TPSA) is 46.3 Å². The van der Waals surface area contributed by atoms with E-state index in [0.29, 0.717) is 4.90 Å². The lowest BCUT2D eigenvalue weighted by Crippen LogP contribution is -2.56. The second-order valence-corrected chi connectivity index (χ2v) is 5.12. The lowest BCUT2D eigenvalue weighted by atomic mass is 9.74. The fraction of sp³-hybridized carbons (Fsp3) is 0.900. The summed E-state index contributed by atoms with van der Waals surface area (Å²) in [6, 6.07) is 0. The van der Waals surface area contributed by atoms with Gasteiger partial charge in [0.25, 0.3) is 0 Å². The van der Waals surface area contributed by atoms with Gasteiger partial charge in [-0.15, -0.1) is 0 Å². The summed E-state index contributed by atoms with van der Waals surface area (Å²) < 4.78 is 36.4. The van der Waals surface area contributed by atoms with Gasteiger partial charge >= 0.3 is 6.18 Å². The maximum atomic E-state index is 12.1. The molecule has 2 N–H and O–H groups in total. The monoisotopic (exact) mass is 240 g/mol. The molecule has 0 aliphatic carbocycles. The lowest BCUT2D eigenvalue weighted by molar-refractivity contribution is -0.165. The fourth-order valence-corrected chi connectivity index (χ4v) is 1.09. The fourth-order valence-electron chi connectivity index (χ4n) is 1.09. The number of rotatable bonds is 3. The minimum absolute atomic E-state index is 0.614. The number of hydrogen-bond acceptors (Lipinski definition) is 2. The van der Waals surface area contributed by atoms with Gasteiger partial charge in [-0.25, -0.2) is 0 Å². The summed E-state index contributed by atoms with van der Waals surface area (Å²) >= 11 is 0. The van der Waals surface area contributed by atoms with Crippen molar-refractivity contribution in [1.29, 1.82) is 0 Å². The maximum absolute atomic E-state index is 12.1. The molecule has 0 fully saturated rings. The van der Waals surface area contributed by atoms with Crippen molar-refractivity contribution in [3.63, 3.8) is 0 Å². The number of carbonyl (C=O) groups is 1. The quantitative estimate of drug-likeness (QED) is 0.817. The Morgan fingerprint density at radius 3 is 1.81 bits per heavy atom. The third-order valence-corrected chi connectivity index (χ3v) is 2.91. The molecule has 0 spiro atoms. The van der Waals surface area contributed by atoms with Gasteiger partial charge in [-0.05, 0) is 27.7 Å². The highest BCUT2D eigenvalue weighted by Crippen LogP contribution is 2.31. The van der Waals surface area contributed by atoms with Gasteiger partial charge in [-0.2, -0.15) is 13.2 Å². The molecule has 0 aromatic rings. The smallest absolute Gasteiger partial charge is 0.336 e. The van der Waals surface area contributed by atoms with E-state index in [0.717, 1.165) is 7.05 Å².